The molecule has 1 unspecified atom stereocenters. The Balaban J connectivity index is 1.56. The first-order valence-electron chi connectivity index (χ1n) is 12.2. The number of methoxy groups -OCH3 is 1. The molecule has 6 rings (SSSR count). The Morgan fingerprint density at radius 2 is 2.20 bits per heavy atom. The largest absolute Gasteiger partial charge is 0.380 e. The molecule has 0 aliphatic carbocycles. The Bertz CT molecular complexity index is 1270. The monoisotopic (exact) mass is 478 g/mol. The number of aromatic nitrogens is 3. The second-order valence-corrected chi connectivity index (χ2v) is 9.56. The molecule has 3 aromatic rings. The Kier molecular flexibility index (Phi) is 5.80. The molecule has 0 aromatic carbocycles. The van der Waals surface area contributed by atoms with Crippen molar-refractivity contribution in [1.82, 2.24) is 14.5 Å². The van der Waals surface area contributed by atoms with E-state index in [1.54, 1.807) is 7.11 Å². The van der Waals surface area contributed by atoms with E-state index >= 15 is 0 Å². The zero-order valence-electron chi connectivity index (χ0n) is 20.1. The molecule has 184 valence electrons. The van der Waals surface area contributed by atoms with Crippen LogP contribution in [0.5, 0.6) is 0 Å². The molecule has 3 aliphatic heterocycles. The van der Waals surface area contributed by atoms with Gasteiger partial charge >= 0.3 is 0 Å². The van der Waals surface area contributed by atoms with Gasteiger partial charge in [0.15, 0.2) is 0 Å². The predicted molar refractivity (Wildman–Crippen MR) is 129 cm³/mol. The van der Waals surface area contributed by atoms with Crippen molar-refractivity contribution in [3.8, 4) is 11.3 Å². The van der Waals surface area contributed by atoms with Crippen LogP contribution in [0.25, 0.3) is 22.2 Å². The van der Waals surface area contributed by atoms with Crippen molar-refractivity contribution in [3.05, 3.63) is 41.3 Å². The van der Waals surface area contributed by atoms with Crippen molar-refractivity contribution in [3.63, 3.8) is 0 Å². The van der Waals surface area contributed by atoms with Crippen LogP contribution in [0.1, 0.15) is 42.6 Å². The number of nitrogens with one attached hydrogen (secondary N) is 1. The van der Waals surface area contributed by atoms with Crippen LogP contribution in [0, 0.1) is 0 Å². The molecule has 6 heterocycles. The highest BCUT2D eigenvalue weighted by Crippen LogP contribution is 2.42. The lowest BCUT2D eigenvalue weighted by Crippen LogP contribution is -2.38. The molecule has 2 atom stereocenters. The smallest absolute Gasteiger partial charge is 0.222 e. The number of carbonyl (C=O) groups excluding carboxylic acids is 1. The van der Waals surface area contributed by atoms with E-state index in [0.717, 1.165) is 59.3 Å². The molecule has 2 saturated heterocycles. The van der Waals surface area contributed by atoms with Crippen molar-refractivity contribution in [2.24, 2.45) is 0 Å². The van der Waals surface area contributed by atoms with Crippen LogP contribution in [0.3, 0.4) is 0 Å². The Labute approximate surface area is 203 Å². The Morgan fingerprint density at radius 1 is 1.29 bits per heavy atom. The first-order valence-corrected chi connectivity index (χ1v) is 12.2. The molecule has 2 fully saturated rings. The predicted octanol–water partition coefficient (Wildman–Crippen LogP) is 3.35. The maximum Gasteiger partial charge on any atom is 0.222 e. The molecule has 1 spiro atoms. The van der Waals surface area contributed by atoms with Crippen LogP contribution in [-0.4, -0.2) is 60.6 Å². The molecule has 3 aromatic heterocycles. The molecule has 9 nitrogen and oxygen atoms in total. The summed E-state index contributed by atoms with van der Waals surface area (Å²) in [6.07, 6.45) is 6.52. The van der Waals surface area contributed by atoms with Crippen LogP contribution in [0.2, 0.25) is 0 Å². The maximum atomic E-state index is 11.7. The van der Waals surface area contributed by atoms with Crippen LogP contribution >= 0.6 is 0 Å². The van der Waals surface area contributed by atoms with Gasteiger partial charge in [0.1, 0.15) is 11.4 Å². The molecule has 3 aliphatic rings. The summed E-state index contributed by atoms with van der Waals surface area (Å²) >= 11 is 0. The third-order valence-electron chi connectivity index (χ3n) is 7.26. The van der Waals surface area contributed by atoms with Gasteiger partial charge in [-0.1, -0.05) is 0 Å². The lowest BCUT2D eigenvalue weighted by molar-refractivity contribution is -0.114. The van der Waals surface area contributed by atoms with Gasteiger partial charge < -0.3 is 28.8 Å². The summed E-state index contributed by atoms with van der Waals surface area (Å²) in [5, 5.41) is 3.80. The van der Waals surface area contributed by atoms with E-state index in [1.165, 1.54) is 12.5 Å². The Morgan fingerprint density at radius 3 is 2.94 bits per heavy atom. The van der Waals surface area contributed by atoms with E-state index in [4.69, 9.17) is 23.9 Å². The van der Waals surface area contributed by atoms with Gasteiger partial charge in [0.2, 0.25) is 5.91 Å². The fraction of sp³-hybridized carbons (Fsp3) is 0.500. The molecule has 9 heteroatoms. The number of hydrogen-bond acceptors (Lipinski definition) is 7. The summed E-state index contributed by atoms with van der Waals surface area (Å²) in [6.45, 7) is 5.23. The quantitative estimate of drug-likeness (QED) is 0.601. The van der Waals surface area contributed by atoms with Crippen molar-refractivity contribution < 1.29 is 23.7 Å². The first-order chi connectivity index (χ1) is 17.1. The van der Waals surface area contributed by atoms with Gasteiger partial charge in [0, 0.05) is 50.8 Å². The van der Waals surface area contributed by atoms with E-state index < -0.39 is 5.60 Å². The number of pyridine rings is 2. The number of hydrogen-bond donors (Lipinski definition) is 1. The van der Waals surface area contributed by atoms with E-state index in [9.17, 15) is 4.79 Å². The number of nitrogens with zero attached hydrogens (tertiary/aromatic N) is 3. The lowest BCUT2D eigenvalue weighted by atomic mass is 9.87. The van der Waals surface area contributed by atoms with Gasteiger partial charge in [0.05, 0.1) is 55.6 Å². The number of amides is 1. The van der Waals surface area contributed by atoms with Crippen LogP contribution in [0.4, 0.5) is 5.82 Å². The molecular weight excluding hydrogens is 448 g/mol. The SMILES string of the molecule is COCc1cc(-c2cn([C@H]3CCOC3)c3cnc(NC(C)=O)cc23)nc2c1CCOC21CCOC1. The normalized spacial score (nSPS) is 23.8. The zero-order valence-corrected chi connectivity index (χ0v) is 20.1. The highest BCUT2D eigenvalue weighted by atomic mass is 16.6. The highest BCUT2D eigenvalue weighted by Gasteiger charge is 2.44. The molecule has 1 amide bonds. The van der Waals surface area contributed by atoms with Crippen molar-refractivity contribution in [2.75, 3.05) is 45.5 Å². The second-order valence-electron chi connectivity index (χ2n) is 9.56. The summed E-state index contributed by atoms with van der Waals surface area (Å²) in [7, 11) is 1.72. The molecule has 0 radical (unpaired) electrons. The molecule has 0 bridgehead atoms. The van der Waals surface area contributed by atoms with E-state index in [0.29, 0.717) is 38.9 Å². The van der Waals surface area contributed by atoms with Crippen LogP contribution in [-0.2, 0) is 42.4 Å². The van der Waals surface area contributed by atoms with E-state index in [2.05, 4.69) is 27.1 Å². The molecule has 35 heavy (non-hydrogen) atoms. The van der Waals surface area contributed by atoms with E-state index in [-0.39, 0.29) is 11.9 Å². The van der Waals surface area contributed by atoms with Gasteiger partial charge in [-0.05, 0) is 36.1 Å². The third-order valence-corrected chi connectivity index (χ3v) is 7.26. The zero-order chi connectivity index (χ0) is 24.0. The van der Waals surface area contributed by atoms with Crippen molar-refractivity contribution >= 4 is 22.6 Å². The summed E-state index contributed by atoms with van der Waals surface area (Å²) in [6, 6.07) is 4.30. The van der Waals surface area contributed by atoms with Crippen molar-refractivity contribution in [2.45, 2.75) is 44.4 Å². The van der Waals surface area contributed by atoms with Crippen molar-refractivity contribution in [1.29, 1.82) is 0 Å². The fourth-order valence-corrected chi connectivity index (χ4v) is 5.61. The summed E-state index contributed by atoms with van der Waals surface area (Å²) in [5.74, 6) is 0.363. The fourth-order valence-electron chi connectivity index (χ4n) is 5.61. The standard InChI is InChI=1S/C26H30N4O5/c1-16(31)28-24-10-20-21(12-30(23(20)11-27-24)18-3-6-33-14-18)22-9-17(13-32-2)19-4-7-35-26(25(19)29-22)5-8-34-15-26/h9-12,18H,3-8,13-15H2,1-2H3,(H,27,28,31)/t18-,26?/m0/s1. The van der Waals surface area contributed by atoms with Gasteiger partial charge in [-0.3, -0.25) is 4.79 Å². The summed E-state index contributed by atoms with van der Waals surface area (Å²) < 4.78 is 25.6. The minimum absolute atomic E-state index is 0.156. The average molecular weight is 479 g/mol. The van der Waals surface area contributed by atoms with Gasteiger partial charge in [0.25, 0.3) is 0 Å². The number of ether oxygens (including phenoxy) is 4. The highest BCUT2D eigenvalue weighted by molar-refractivity contribution is 5.98. The summed E-state index contributed by atoms with van der Waals surface area (Å²) in [4.78, 5) is 21.4. The van der Waals surface area contributed by atoms with E-state index in [1.807, 2.05) is 12.3 Å². The first kappa shape index (κ1) is 22.6. The van der Waals surface area contributed by atoms with Gasteiger partial charge in [-0.25, -0.2) is 9.97 Å². The topological polar surface area (TPSA) is 96.7 Å². The number of carbonyl (C=O) groups is 1. The molecular formula is C26H30N4O5. The number of fused-ring (bicyclic) bond motifs is 3. The molecule has 0 saturated carbocycles. The number of anilines is 1. The van der Waals surface area contributed by atoms with Crippen LogP contribution < -0.4 is 5.32 Å². The summed E-state index contributed by atoms with van der Waals surface area (Å²) in [5.41, 5.74) is 5.63. The number of rotatable bonds is 5. The molecule has 1 N–H and O–H groups in total. The minimum atomic E-state index is -0.507. The Hall–Kier alpha value is -2.85. The van der Waals surface area contributed by atoms with Gasteiger partial charge in [-0.15, -0.1) is 0 Å². The van der Waals surface area contributed by atoms with Crippen LogP contribution in [0.15, 0.2) is 24.5 Å². The second kappa shape index (κ2) is 8.98. The maximum absolute atomic E-state index is 11.7. The lowest BCUT2D eigenvalue weighted by Gasteiger charge is -2.35. The minimum Gasteiger partial charge on any atom is -0.380 e. The van der Waals surface area contributed by atoms with Gasteiger partial charge in [-0.2, -0.15) is 0 Å². The third kappa shape index (κ3) is 3.92. The average Bonchev–Trinajstić information content (AvgIpc) is 3.60.